The molecule has 8 nitrogen and oxygen atoms in total. The van der Waals surface area contributed by atoms with Crippen LogP contribution in [0.25, 0.3) is 22.3 Å². The summed E-state index contributed by atoms with van der Waals surface area (Å²) in [7, 11) is 1.31. The molecule has 4 aromatic rings. The van der Waals surface area contributed by atoms with Gasteiger partial charge in [0.05, 0.1) is 28.5 Å². The summed E-state index contributed by atoms with van der Waals surface area (Å²) in [5.41, 5.74) is 1.48. The number of hydrogen-bond acceptors (Lipinski definition) is 7. The Kier molecular flexibility index (Phi) is 5.04. The van der Waals surface area contributed by atoms with Crippen molar-refractivity contribution < 1.29 is 19.2 Å². The maximum Gasteiger partial charge on any atom is 0.337 e. The van der Waals surface area contributed by atoms with Crippen molar-refractivity contribution in [2.45, 2.75) is 0 Å². The summed E-state index contributed by atoms with van der Waals surface area (Å²) in [6, 6.07) is 19.9. The zero-order valence-corrected chi connectivity index (χ0v) is 15.8. The van der Waals surface area contributed by atoms with E-state index in [1.165, 1.54) is 19.2 Å². The second kappa shape index (κ2) is 7.96. The molecule has 148 valence electrons. The first-order valence-corrected chi connectivity index (χ1v) is 8.93. The first-order chi connectivity index (χ1) is 14.5. The molecule has 0 aliphatic carbocycles. The second-order valence-corrected chi connectivity index (χ2v) is 6.29. The number of carbonyl (C=O) groups is 1. The number of esters is 1. The Hall–Kier alpha value is -4.33. The highest BCUT2D eigenvalue weighted by Crippen LogP contribution is 2.31. The highest BCUT2D eigenvalue weighted by atomic mass is 16.6. The molecule has 1 aromatic heterocycles. The Bertz CT molecular complexity index is 1260. The highest BCUT2D eigenvalue weighted by Gasteiger charge is 2.14. The Morgan fingerprint density at radius 3 is 2.47 bits per heavy atom. The van der Waals surface area contributed by atoms with Crippen LogP contribution in [0.15, 0.2) is 72.8 Å². The van der Waals surface area contributed by atoms with Gasteiger partial charge in [-0.3, -0.25) is 10.1 Å². The number of nitro groups is 1. The monoisotopic (exact) mass is 401 g/mol. The van der Waals surface area contributed by atoms with Gasteiger partial charge in [-0.25, -0.2) is 9.78 Å². The zero-order valence-electron chi connectivity index (χ0n) is 15.8. The molecule has 8 heteroatoms. The predicted octanol–water partition coefficient (Wildman–Crippen LogP) is 4.78. The molecule has 0 radical (unpaired) electrons. The summed E-state index contributed by atoms with van der Waals surface area (Å²) in [6.07, 6.45) is 0. The average molecular weight is 401 g/mol. The van der Waals surface area contributed by atoms with Crippen LogP contribution >= 0.6 is 0 Å². The van der Waals surface area contributed by atoms with E-state index in [0.29, 0.717) is 39.5 Å². The van der Waals surface area contributed by atoms with Gasteiger partial charge in [-0.15, -0.1) is 0 Å². The molecule has 0 amide bonds. The fourth-order valence-corrected chi connectivity index (χ4v) is 2.90. The Morgan fingerprint density at radius 2 is 1.73 bits per heavy atom. The fraction of sp³-hybridized carbons (Fsp3) is 0.0455. The molecule has 4 rings (SSSR count). The predicted molar refractivity (Wildman–Crippen MR) is 109 cm³/mol. The van der Waals surface area contributed by atoms with Gasteiger partial charge >= 0.3 is 5.97 Å². The van der Waals surface area contributed by atoms with E-state index in [1.807, 2.05) is 24.3 Å². The van der Waals surface area contributed by atoms with Crippen molar-refractivity contribution in [3.05, 3.63) is 88.5 Å². The van der Waals surface area contributed by atoms with Gasteiger partial charge in [0.2, 0.25) is 5.88 Å². The highest BCUT2D eigenvalue weighted by molar-refractivity contribution is 5.89. The van der Waals surface area contributed by atoms with Crippen LogP contribution in [-0.4, -0.2) is 28.0 Å². The van der Waals surface area contributed by atoms with Crippen molar-refractivity contribution >= 4 is 22.6 Å². The van der Waals surface area contributed by atoms with Crippen LogP contribution in [0.2, 0.25) is 0 Å². The second-order valence-electron chi connectivity index (χ2n) is 6.29. The van der Waals surface area contributed by atoms with E-state index in [9.17, 15) is 14.9 Å². The van der Waals surface area contributed by atoms with Crippen molar-refractivity contribution in [2.75, 3.05) is 7.11 Å². The third-order valence-electron chi connectivity index (χ3n) is 4.37. The van der Waals surface area contributed by atoms with Crippen LogP contribution in [-0.2, 0) is 4.74 Å². The summed E-state index contributed by atoms with van der Waals surface area (Å²) < 4.78 is 10.7. The maximum absolute atomic E-state index is 11.6. The number of nitro benzene ring substituents is 1. The minimum Gasteiger partial charge on any atom is -0.465 e. The number of rotatable bonds is 5. The number of carbonyl (C=O) groups excluding carboxylic acids is 1. The molecule has 0 saturated heterocycles. The minimum atomic E-state index is -0.467. The fourth-order valence-electron chi connectivity index (χ4n) is 2.90. The number of hydrogen-bond donors (Lipinski definition) is 0. The van der Waals surface area contributed by atoms with Gasteiger partial charge in [-0.1, -0.05) is 24.3 Å². The number of non-ortho nitro benzene ring substituents is 1. The molecule has 3 aromatic carbocycles. The molecule has 0 bridgehead atoms. The lowest BCUT2D eigenvalue weighted by atomic mass is 10.1. The summed E-state index contributed by atoms with van der Waals surface area (Å²) >= 11 is 0. The van der Waals surface area contributed by atoms with Gasteiger partial charge < -0.3 is 9.47 Å². The molecule has 0 saturated carbocycles. The summed E-state index contributed by atoms with van der Waals surface area (Å²) in [5, 5.41) is 11.8. The summed E-state index contributed by atoms with van der Waals surface area (Å²) in [4.78, 5) is 31.3. The molecule has 0 spiro atoms. The van der Waals surface area contributed by atoms with E-state index >= 15 is 0 Å². The number of fused-ring (bicyclic) bond motifs is 1. The van der Waals surface area contributed by atoms with Gasteiger partial charge in [0.25, 0.3) is 5.69 Å². The third kappa shape index (κ3) is 3.79. The third-order valence-corrected chi connectivity index (χ3v) is 4.37. The quantitative estimate of drug-likeness (QED) is 0.269. The number of aromatic nitrogens is 2. The van der Waals surface area contributed by atoms with Crippen LogP contribution in [0, 0.1) is 10.1 Å². The van der Waals surface area contributed by atoms with E-state index in [2.05, 4.69) is 9.97 Å². The van der Waals surface area contributed by atoms with Gasteiger partial charge in [0, 0.05) is 17.7 Å². The average Bonchev–Trinajstić information content (AvgIpc) is 2.79. The number of methoxy groups -OCH3 is 1. The minimum absolute atomic E-state index is 0.0508. The topological polar surface area (TPSA) is 104 Å². The smallest absolute Gasteiger partial charge is 0.337 e. The standard InChI is InChI=1S/C22H15N3O5/c1-29-22(26)14-9-11-17(12-10-14)30-21-18-7-2-3-8-19(18)23-20(24-21)15-5-4-6-16(13-15)25(27)28/h2-13H,1H3. The van der Waals surface area contributed by atoms with E-state index in [1.54, 1.807) is 36.4 Å². The van der Waals surface area contributed by atoms with E-state index in [0.717, 1.165) is 0 Å². The Labute approximate surface area is 170 Å². The lowest BCUT2D eigenvalue weighted by molar-refractivity contribution is -0.384. The number of para-hydroxylation sites is 1. The number of benzene rings is 3. The normalized spacial score (nSPS) is 10.6. The molecular weight excluding hydrogens is 386 g/mol. The number of ether oxygens (including phenoxy) is 2. The number of nitrogens with zero attached hydrogens (tertiary/aromatic N) is 3. The van der Waals surface area contributed by atoms with E-state index in [-0.39, 0.29) is 5.69 Å². The van der Waals surface area contributed by atoms with Gasteiger partial charge in [-0.2, -0.15) is 4.98 Å². The van der Waals surface area contributed by atoms with Crippen LogP contribution in [0.3, 0.4) is 0 Å². The molecule has 0 unspecified atom stereocenters. The van der Waals surface area contributed by atoms with Crippen LogP contribution < -0.4 is 4.74 Å². The van der Waals surface area contributed by atoms with Crippen LogP contribution in [0.5, 0.6) is 11.6 Å². The molecule has 0 fully saturated rings. The first kappa shape index (κ1) is 19.0. The lowest BCUT2D eigenvalue weighted by Crippen LogP contribution is -2.01. The van der Waals surface area contributed by atoms with Crippen molar-refractivity contribution in [1.82, 2.24) is 9.97 Å². The lowest BCUT2D eigenvalue weighted by Gasteiger charge is -2.10. The largest absolute Gasteiger partial charge is 0.465 e. The SMILES string of the molecule is COC(=O)c1ccc(Oc2nc(-c3cccc([N+](=O)[O-])c3)nc3ccccc23)cc1. The van der Waals surface area contributed by atoms with Crippen LogP contribution in [0.4, 0.5) is 5.69 Å². The van der Waals surface area contributed by atoms with Crippen molar-refractivity contribution in [3.8, 4) is 23.0 Å². The molecule has 1 heterocycles. The molecule has 0 aliphatic heterocycles. The summed E-state index contributed by atoms with van der Waals surface area (Å²) in [5.74, 6) is 0.630. The van der Waals surface area contributed by atoms with E-state index < -0.39 is 10.9 Å². The van der Waals surface area contributed by atoms with Crippen molar-refractivity contribution in [2.24, 2.45) is 0 Å². The maximum atomic E-state index is 11.6. The molecule has 0 atom stereocenters. The van der Waals surface area contributed by atoms with Crippen molar-refractivity contribution in [1.29, 1.82) is 0 Å². The molecule has 30 heavy (non-hydrogen) atoms. The van der Waals surface area contributed by atoms with Crippen LogP contribution in [0.1, 0.15) is 10.4 Å². The Morgan fingerprint density at radius 1 is 0.967 bits per heavy atom. The molecule has 0 aliphatic rings. The summed E-state index contributed by atoms with van der Waals surface area (Å²) in [6.45, 7) is 0. The van der Waals surface area contributed by atoms with Crippen molar-refractivity contribution in [3.63, 3.8) is 0 Å². The van der Waals surface area contributed by atoms with Gasteiger partial charge in [0.15, 0.2) is 5.82 Å². The molecule has 0 N–H and O–H groups in total. The van der Waals surface area contributed by atoms with Gasteiger partial charge in [-0.05, 0) is 36.4 Å². The van der Waals surface area contributed by atoms with E-state index in [4.69, 9.17) is 9.47 Å². The first-order valence-electron chi connectivity index (χ1n) is 8.93. The Balaban J connectivity index is 1.77. The molecular formula is C22H15N3O5. The van der Waals surface area contributed by atoms with Gasteiger partial charge in [0.1, 0.15) is 5.75 Å². The zero-order chi connectivity index (χ0) is 21.1.